The Balaban J connectivity index is 2.30. The van der Waals surface area contributed by atoms with Crippen molar-refractivity contribution in [3.05, 3.63) is 18.0 Å². The standard InChI is InChI=1S/C10H16N2O/c1-9-6-11-12(7-9)10(8-13)4-2-3-5-10/h6-7,13H,2-5,8H2,1H3. The van der Waals surface area contributed by atoms with Crippen molar-refractivity contribution >= 4 is 0 Å². The van der Waals surface area contributed by atoms with Crippen molar-refractivity contribution in [3.63, 3.8) is 0 Å². The zero-order valence-corrected chi connectivity index (χ0v) is 8.03. The summed E-state index contributed by atoms with van der Waals surface area (Å²) in [5, 5.41) is 13.7. The van der Waals surface area contributed by atoms with Crippen molar-refractivity contribution in [2.75, 3.05) is 6.61 Å². The highest BCUT2D eigenvalue weighted by Gasteiger charge is 2.35. The average molecular weight is 180 g/mol. The van der Waals surface area contributed by atoms with Crippen molar-refractivity contribution in [2.45, 2.75) is 38.1 Å². The molecule has 0 unspecified atom stereocenters. The zero-order valence-electron chi connectivity index (χ0n) is 8.03. The number of nitrogens with zero attached hydrogens (tertiary/aromatic N) is 2. The van der Waals surface area contributed by atoms with E-state index in [9.17, 15) is 5.11 Å². The molecule has 2 rings (SSSR count). The van der Waals surface area contributed by atoms with Gasteiger partial charge in [-0.2, -0.15) is 5.10 Å². The Morgan fingerprint density at radius 3 is 2.69 bits per heavy atom. The third kappa shape index (κ3) is 1.37. The van der Waals surface area contributed by atoms with Crippen LogP contribution in [0.5, 0.6) is 0 Å². The molecule has 3 heteroatoms. The molecule has 0 aliphatic heterocycles. The monoisotopic (exact) mass is 180 g/mol. The minimum absolute atomic E-state index is 0.0890. The molecular formula is C10H16N2O. The van der Waals surface area contributed by atoms with Crippen LogP contribution in [0.1, 0.15) is 31.2 Å². The molecule has 0 radical (unpaired) electrons. The molecule has 0 bridgehead atoms. The van der Waals surface area contributed by atoms with Crippen LogP contribution in [-0.2, 0) is 5.54 Å². The fourth-order valence-electron chi connectivity index (χ4n) is 2.17. The van der Waals surface area contributed by atoms with Gasteiger partial charge in [-0.3, -0.25) is 4.68 Å². The number of aliphatic hydroxyl groups is 1. The molecule has 13 heavy (non-hydrogen) atoms. The largest absolute Gasteiger partial charge is 0.394 e. The number of rotatable bonds is 2. The summed E-state index contributed by atoms with van der Waals surface area (Å²) in [6.45, 7) is 2.25. The molecule has 1 aliphatic rings. The fraction of sp³-hybridized carbons (Fsp3) is 0.700. The van der Waals surface area contributed by atoms with E-state index in [1.807, 2.05) is 24.0 Å². The van der Waals surface area contributed by atoms with E-state index < -0.39 is 0 Å². The molecule has 1 aliphatic carbocycles. The maximum Gasteiger partial charge on any atom is 0.0857 e. The molecule has 0 spiro atoms. The van der Waals surface area contributed by atoms with Gasteiger partial charge in [0.05, 0.1) is 18.3 Å². The highest BCUT2D eigenvalue weighted by atomic mass is 16.3. The summed E-state index contributed by atoms with van der Waals surface area (Å²) in [6, 6.07) is 0. The number of aryl methyl sites for hydroxylation is 1. The van der Waals surface area contributed by atoms with Gasteiger partial charge < -0.3 is 5.11 Å². The van der Waals surface area contributed by atoms with Gasteiger partial charge in [-0.15, -0.1) is 0 Å². The summed E-state index contributed by atoms with van der Waals surface area (Å²) in [6.07, 6.45) is 8.42. The molecule has 1 saturated carbocycles. The van der Waals surface area contributed by atoms with Crippen molar-refractivity contribution in [1.82, 2.24) is 9.78 Å². The van der Waals surface area contributed by atoms with Crippen LogP contribution in [0.2, 0.25) is 0 Å². The molecule has 1 heterocycles. The number of aromatic nitrogens is 2. The minimum atomic E-state index is -0.0890. The molecule has 72 valence electrons. The van der Waals surface area contributed by atoms with E-state index in [-0.39, 0.29) is 12.1 Å². The van der Waals surface area contributed by atoms with Gasteiger partial charge in [-0.1, -0.05) is 12.8 Å². The lowest BCUT2D eigenvalue weighted by atomic mass is 9.99. The van der Waals surface area contributed by atoms with E-state index in [2.05, 4.69) is 5.10 Å². The highest BCUT2D eigenvalue weighted by Crippen LogP contribution is 2.35. The van der Waals surface area contributed by atoms with Crippen LogP contribution in [0.3, 0.4) is 0 Å². The summed E-state index contributed by atoms with van der Waals surface area (Å²) in [5.74, 6) is 0. The van der Waals surface area contributed by atoms with E-state index in [1.54, 1.807) is 0 Å². The number of aliphatic hydroxyl groups excluding tert-OH is 1. The van der Waals surface area contributed by atoms with Crippen LogP contribution in [0.4, 0.5) is 0 Å². The van der Waals surface area contributed by atoms with Gasteiger partial charge >= 0.3 is 0 Å². The van der Waals surface area contributed by atoms with Crippen molar-refractivity contribution in [3.8, 4) is 0 Å². The predicted molar refractivity (Wildman–Crippen MR) is 50.5 cm³/mol. The first-order chi connectivity index (χ1) is 6.27. The maximum atomic E-state index is 9.42. The van der Waals surface area contributed by atoms with Gasteiger partial charge in [0.25, 0.3) is 0 Å². The summed E-state index contributed by atoms with van der Waals surface area (Å²) in [7, 11) is 0. The van der Waals surface area contributed by atoms with Crippen molar-refractivity contribution in [2.24, 2.45) is 0 Å². The first kappa shape index (κ1) is 8.75. The van der Waals surface area contributed by atoms with Crippen LogP contribution in [0.15, 0.2) is 12.4 Å². The molecule has 1 aromatic heterocycles. The normalized spacial score (nSPS) is 20.8. The van der Waals surface area contributed by atoms with Gasteiger partial charge in [0.2, 0.25) is 0 Å². The molecule has 0 atom stereocenters. The van der Waals surface area contributed by atoms with E-state index in [0.29, 0.717) is 0 Å². The van der Waals surface area contributed by atoms with Crippen LogP contribution in [-0.4, -0.2) is 21.5 Å². The van der Waals surface area contributed by atoms with E-state index in [0.717, 1.165) is 12.8 Å². The number of hydrogen-bond acceptors (Lipinski definition) is 2. The smallest absolute Gasteiger partial charge is 0.0857 e. The first-order valence-electron chi connectivity index (χ1n) is 4.89. The summed E-state index contributed by atoms with van der Waals surface area (Å²) < 4.78 is 1.95. The maximum absolute atomic E-state index is 9.42. The SMILES string of the molecule is Cc1cnn(C2(CO)CCCC2)c1. The van der Waals surface area contributed by atoms with Gasteiger partial charge in [0.15, 0.2) is 0 Å². The van der Waals surface area contributed by atoms with Crippen molar-refractivity contribution < 1.29 is 5.11 Å². The summed E-state index contributed by atoms with van der Waals surface area (Å²) in [4.78, 5) is 0. The Morgan fingerprint density at radius 2 is 2.23 bits per heavy atom. The van der Waals surface area contributed by atoms with Gasteiger partial charge in [-0.25, -0.2) is 0 Å². The van der Waals surface area contributed by atoms with Gasteiger partial charge in [0.1, 0.15) is 0 Å². The highest BCUT2D eigenvalue weighted by molar-refractivity contribution is 5.04. The summed E-state index contributed by atoms with van der Waals surface area (Å²) in [5.41, 5.74) is 1.08. The minimum Gasteiger partial charge on any atom is -0.394 e. The fourth-order valence-corrected chi connectivity index (χ4v) is 2.17. The quantitative estimate of drug-likeness (QED) is 0.748. The van der Waals surface area contributed by atoms with Crippen LogP contribution in [0.25, 0.3) is 0 Å². The van der Waals surface area contributed by atoms with Crippen LogP contribution >= 0.6 is 0 Å². The Morgan fingerprint density at radius 1 is 1.54 bits per heavy atom. The van der Waals surface area contributed by atoms with Crippen LogP contribution in [0, 0.1) is 6.92 Å². The molecular weight excluding hydrogens is 164 g/mol. The molecule has 0 aromatic carbocycles. The Labute approximate surface area is 78.4 Å². The first-order valence-corrected chi connectivity index (χ1v) is 4.89. The van der Waals surface area contributed by atoms with Gasteiger partial charge in [0, 0.05) is 6.20 Å². The van der Waals surface area contributed by atoms with E-state index >= 15 is 0 Å². The van der Waals surface area contributed by atoms with Crippen molar-refractivity contribution in [1.29, 1.82) is 0 Å². The third-order valence-corrected chi connectivity index (χ3v) is 3.03. The molecule has 1 aromatic rings. The lowest BCUT2D eigenvalue weighted by Gasteiger charge is -2.26. The molecule has 3 nitrogen and oxygen atoms in total. The second-order valence-corrected chi connectivity index (χ2v) is 4.05. The van der Waals surface area contributed by atoms with E-state index in [1.165, 1.54) is 18.4 Å². The van der Waals surface area contributed by atoms with Gasteiger partial charge in [-0.05, 0) is 25.3 Å². The third-order valence-electron chi connectivity index (χ3n) is 3.03. The molecule has 1 fully saturated rings. The Kier molecular flexibility index (Phi) is 2.12. The topological polar surface area (TPSA) is 38.0 Å². The molecule has 0 amide bonds. The van der Waals surface area contributed by atoms with Crippen LogP contribution < -0.4 is 0 Å². The lowest BCUT2D eigenvalue weighted by Crippen LogP contribution is -2.34. The second-order valence-electron chi connectivity index (χ2n) is 4.05. The lowest BCUT2D eigenvalue weighted by molar-refractivity contribution is 0.124. The second kappa shape index (κ2) is 3.14. The summed E-state index contributed by atoms with van der Waals surface area (Å²) >= 11 is 0. The Hall–Kier alpha value is -0.830. The predicted octanol–water partition coefficient (Wildman–Crippen LogP) is 1.45. The molecule has 1 N–H and O–H groups in total. The average Bonchev–Trinajstić information content (AvgIpc) is 2.73. The van der Waals surface area contributed by atoms with E-state index in [4.69, 9.17) is 0 Å². The zero-order chi connectivity index (χ0) is 9.31. The molecule has 0 saturated heterocycles. The Bertz CT molecular complexity index is 287. The number of hydrogen-bond donors (Lipinski definition) is 1.